The highest BCUT2D eigenvalue weighted by molar-refractivity contribution is 5.69. The zero-order valence-electron chi connectivity index (χ0n) is 11.9. The maximum absolute atomic E-state index is 13.2. The lowest BCUT2D eigenvalue weighted by molar-refractivity contribution is 0.358. The minimum absolute atomic E-state index is 0.243. The van der Waals surface area contributed by atoms with E-state index in [4.69, 9.17) is 4.74 Å². The minimum atomic E-state index is -0.243. The number of rotatable bonds is 3. The van der Waals surface area contributed by atoms with E-state index in [1.54, 1.807) is 10.7 Å². The Balaban J connectivity index is 1.64. The number of benzene rings is 2. The van der Waals surface area contributed by atoms with Crippen molar-refractivity contribution < 1.29 is 9.13 Å². The van der Waals surface area contributed by atoms with Gasteiger partial charge in [0.2, 0.25) is 0 Å². The highest BCUT2D eigenvalue weighted by Crippen LogP contribution is 2.35. The van der Waals surface area contributed by atoms with Gasteiger partial charge in [0.1, 0.15) is 17.3 Å². The van der Waals surface area contributed by atoms with Crippen molar-refractivity contribution in [1.29, 1.82) is 0 Å². The van der Waals surface area contributed by atoms with Crippen LogP contribution in [0, 0.1) is 5.82 Å². The molecule has 1 aliphatic rings. The third kappa shape index (κ3) is 2.35. The minimum Gasteiger partial charge on any atom is -0.492 e. The Morgan fingerprint density at radius 3 is 3.00 bits per heavy atom. The van der Waals surface area contributed by atoms with Crippen LogP contribution < -0.4 is 4.74 Å². The highest BCUT2D eigenvalue weighted by atomic mass is 19.1. The molecule has 0 saturated heterocycles. The zero-order chi connectivity index (χ0) is 14.9. The molecule has 0 aliphatic carbocycles. The van der Waals surface area contributed by atoms with Crippen LogP contribution in [0.5, 0.6) is 5.75 Å². The maximum Gasteiger partial charge on any atom is 0.132 e. The molecule has 0 amide bonds. The van der Waals surface area contributed by atoms with Gasteiger partial charge in [-0.15, -0.1) is 5.10 Å². The van der Waals surface area contributed by atoms with Gasteiger partial charge >= 0.3 is 0 Å². The molecular formula is C17H14FN3O. The Morgan fingerprint density at radius 2 is 2.09 bits per heavy atom. The van der Waals surface area contributed by atoms with Gasteiger partial charge in [-0.1, -0.05) is 29.5 Å². The van der Waals surface area contributed by atoms with Crippen LogP contribution in [-0.2, 0) is 13.0 Å². The van der Waals surface area contributed by atoms with Gasteiger partial charge in [-0.05, 0) is 29.3 Å². The van der Waals surface area contributed by atoms with Gasteiger partial charge in [0.05, 0.1) is 19.3 Å². The molecule has 110 valence electrons. The van der Waals surface area contributed by atoms with Crippen molar-refractivity contribution in [3.05, 3.63) is 65.6 Å². The van der Waals surface area contributed by atoms with Gasteiger partial charge in [0.25, 0.3) is 0 Å². The first-order valence-electron chi connectivity index (χ1n) is 7.19. The second-order valence-electron chi connectivity index (χ2n) is 5.32. The van der Waals surface area contributed by atoms with E-state index in [9.17, 15) is 4.39 Å². The van der Waals surface area contributed by atoms with Crippen molar-refractivity contribution in [2.45, 2.75) is 13.0 Å². The molecule has 0 fully saturated rings. The highest BCUT2D eigenvalue weighted by Gasteiger charge is 2.18. The van der Waals surface area contributed by atoms with Crippen molar-refractivity contribution in [3.63, 3.8) is 0 Å². The molecule has 3 aromatic rings. The Labute approximate surface area is 127 Å². The Bertz CT molecular complexity index is 828. The topological polar surface area (TPSA) is 39.9 Å². The van der Waals surface area contributed by atoms with Crippen LogP contribution in [0.25, 0.3) is 11.3 Å². The van der Waals surface area contributed by atoms with Gasteiger partial charge in [0, 0.05) is 12.0 Å². The first-order valence-corrected chi connectivity index (χ1v) is 7.19. The monoisotopic (exact) mass is 295 g/mol. The molecule has 0 saturated carbocycles. The van der Waals surface area contributed by atoms with Gasteiger partial charge in [0.15, 0.2) is 0 Å². The molecule has 0 atom stereocenters. The Hall–Kier alpha value is -2.69. The first-order chi connectivity index (χ1) is 10.8. The number of ether oxygens (including phenoxy) is 1. The van der Waals surface area contributed by atoms with Crippen molar-refractivity contribution in [2.75, 3.05) is 6.61 Å². The molecule has 2 heterocycles. The summed E-state index contributed by atoms with van der Waals surface area (Å²) < 4.78 is 20.6. The lowest BCUT2D eigenvalue weighted by atomic mass is 10.1. The van der Waals surface area contributed by atoms with E-state index in [1.807, 2.05) is 24.4 Å². The number of hydrogen-bond donors (Lipinski definition) is 0. The SMILES string of the molecule is Fc1cccc(Cn2cc(-c3cccc4c3OCC4)nn2)c1. The van der Waals surface area contributed by atoms with Crippen LogP contribution >= 0.6 is 0 Å². The summed E-state index contributed by atoms with van der Waals surface area (Å²) in [5.74, 6) is 0.660. The van der Waals surface area contributed by atoms with E-state index < -0.39 is 0 Å². The molecule has 0 bridgehead atoms. The van der Waals surface area contributed by atoms with Crippen LogP contribution in [0.3, 0.4) is 0 Å². The second-order valence-corrected chi connectivity index (χ2v) is 5.32. The fourth-order valence-electron chi connectivity index (χ4n) is 2.74. The predicted molar refractivity (Wildman–Crippen MR) is 80.2 cm³/mol. The van der Waals surface area contributed by atoms with Gasteiger partial charge in [-0.2, -0.15) is 0 Å². The van der Waals surface area contributed by atoms with Crippen LogP contribution in [-0.4, -0.2) is 21.6 Å². The van der Waals surface area contributed by atoms with E-state index in [1.165, 1.54) is 17.7 Å². The van der Waals surface area contributed by atoms with Crippen molar-refractivity contribution in [3.8, 4) is 17.0 Å². The van der Waals surface area contributed by atoms with E-state index in [0.29, 0.717) is 13.2 Å². The van der Waals surface area contributed by atoms with E-state index in [0.717, 1.165) is 29.0 Å². The van der Waals surface area contributed by atoms with Crippen molar-refractivity contribution in [2.24, 2.45) is 0 Å². The number of nitrogens with zero attached hydrogens (tertiary/aromatic N) is 3. The first kappa shape index (κ1) is 13.0. The molecule has 0 N–H and O–H groups in total. The molecule has 2 aromatic carbocycles. The average molecular weight is 295 g/mol. The zero-order valence-corrected chi connectivity index (χ0v) is 11.9. The Kier molecular flexibility index (Phi) is 3.11. The molecule has 0 radical (unpaired) electrons. The number of aromatic nitrogens is 3. The summed E-state index contributed by atoms with van der Waals surface area (Å²) >= 11 is 0. The van der Waals surface area contributed by atoms with Crippen molar-refractivity contribution >= 4 is 0 Å². The number of halogens is 1. The summed E-state index contributed by atoms with van der Waals surface area (Å²) in [7, 11) is 0. The summed E-state index contributed by atoms with van der Waals surface area (Å²) in [4.78, 5) is 0. The third-order valence-electron chi connectivity index (χ3n) is 3.76. The van der Waals surface area contributed by atoms with Crippen LogP contribution in [0.4, 0.5) is 4.39 Å². The standard InChI is InChI=1S/C17H14FN3O/c18-14-5-1-3-12(9-14)10-21-11-16(19-20-21)15-6-2-4-13-7-8-22-17(13)15/h1-6,9,11H,7-8,10H2. The molecular weight excluding hydrogens is 281 g/mol. The molecule has 1 aliphatic heterocycles. The fraction of sp³-hybridized carbons (Fsp3) is 0.176. The van der Waals surface area contributed by atoms with Crippen molar-refractivity contribution in [1.82, 2.24) is 15.0 Å². The summed E-state index contributed by atoms with van der Waals surface area (Å²) in [6.45, 7) is 1.20. The smallest absolute Gasteiger partial charge is 0.132 e. The Morgan fingerprint density at radius 1 is 1.18 bits per heavy atom. The molecule has 1 aromatic heterocycles. The van der Waals surface area contributed by atoms with Gasteiger partial charge in [-0.25, -0.2) is 9.07 Å². The fourth-order valence-corrected chi connectivity index (χ4v) is 2.74. The quantitative estimate of drug-likeness (QED) is 0.745. The van der Waals surface area contributed by atoms with Gasteiger partial charge in [-0.3, -0.25) is 0 Å². The second kappa shape index (κ2) is 5.26. The molecule has 22 heavy (non-hydrogen) atoms. The maximum atomic E-state index is 13.2. The van der Waals surface area contributed by atoms with E-state index >= 15 is 0 Å². The third-order valence-corrected chi connectivity index (χ3v) is 3.76. The predicted octanol–water partition coefficient (Wildman–Crippen LogP) is 3.07. The van der Waals surface area contributed by atoms with E-state index in [-0.39, 0.29) is 5.82 Å². The van der Waals surface area contributed by atoms with Crippen LogP contribution in [0.2, 0.25) is 0 Å². The summed E-state index contributed by atoms with van der Waals surface area (Å²) in [5.41, 5.74) is 3.79. The number of fused-ring (bicyclic) bond motifs is 1. The molecule has 0 unspecified atom stereocenters. The van der Waals surface area contributed by atoms with Crippen LogP contribution in [0.1, 0.15) is 11.1 Å². The molecule has 4 nitrogen and oxygen atoms in total. The molecule has 0 spiro atoms. The van der Waals surface area contributed by atoms with Crippen LogP contribution in [0.15, 0.2) is 48.7 Å². The summed E-state index contributed by atoms with van der Waals surface area (Å²) in [6, 6.07) is 12.6. The number of para-hydroxylation sites is 1. The summed E-state index contributed by atoms with van der Waals surface area (Å²) in [6.07, 6.45) is 2.79. The van der Waals surface area contributed by atoms with E-state index in [2.05, 4.69) is 16.4 Å². The largest absolute Gasteiger partial charge is 0.492 e. The number of hydrogen-bond acceptors (Lipinski definition) is 3. The summed E-state index contributed by atoms with van der Waals surface area (Å²) in [5, 5.41) is 8.35. The lowest BCUT2D eigenvalue weighted by Crippen LogP contribution is -2.00. The van der Waals surface area contributed by atoms with Gasteiger partial charge < -0.3 is 4.74 Å². The molecule has 4 rings (SSSR count). The lowest BCUT2D eigenvalue weighted by Gasteiger charge is -2.04. The average Bonchev–Trinajstić information content (AvgIpc) is 3.15. The molecule has 5 heteroatoms. The normalized spacial score (nSPS) is 13.0.